The Balaban J connectivity index is 2.17. The topological polar surface area (TPSA) is 22.1 Å². The van der Waals surface area contributed by atoms with Gasteiger partial charge in [0.05, 0.1) is 16.6 Å². The van der Waals surface area contributed by atoms with E-state index in [2.05, 4.69) is 4.98 Å². The first-order valence-electron chi connectivity index (χ1n) is 5.26. The van der Waals surface area contributed by atoms with E-state index >= 15 is 0 Å². The van der Waals surface area contributed by atoms with Crippen LogP contribution in [0.3, 0.4) is 0 Å². The second-order valence-corrected chi connectivity index (χ2v) is 5.04. The van der Waals surface area contributed by atoms with Gasteiger partial charge in [-0.1, -0.05) is 11.6 Å². The van der Waals surface area contributed by atoms with E-state index in [0.717, 1.165) is 5.75 Å². The van der Waals surface area contributed by atoms with E-state index < -0.39 is 0 Å². The lowest BCUT2D eigenvalue weighted by Gasteiger charge is -2.07. The minimum atomic E-state index is 0.265. The summed E-state index contributed by atoms with van der Waals surface area (Å²) in [6.45, 7) is 0. The second-order valence-electron chi connectivity index (χ2n) is 3.49. The Morgan fingerprint density at radius 1 is 1.17 bits per heavy atom. The molecule has 0 radical (unpaired) electrons. The molecule has 0 fully saturated rings. The van der Waals surface area contributed by atoms with Crippen molar-refractivity contribution in [2.45, 2.75) is 10.8 Å². The highest BCUT2D eigenvalue weighted by Gasteiger charge is 2.04. The molecule has 2 aromatic rings. The zero-order chi connectivity index (χ0) is 13.0. The molecule has 2 rings (SSSR count). The fraction of sp³-hybridized carbons (Fsp3) is 0.154. The molecule has 0 aliphatic rings. The first kappa shape index (κ1) is 13.5. The van der Waals surface area contributed by atoms with Gasteiger partial charge in [-0.05, 0) is 36.6 Å². The van der Waals surface area contributed by atoms with Crippen molar-refractivity contribution in [2.24, 2.45) is 0 Å². The minimum absolute atomic E-state index is 0.265. The summed E-state index contributed by atoms with van der Waals surface area (Å²) in [6, 6.07) is 11.3. The Morgan fingerprint density at radius 2 is 1.89 bits per heavy atom. The zero-order valence-electron chi connectivity index (χ0n) is 9.69. The van der Waals surface area contributed by atoms with Gasteiger partial charge in [0.1, 0.15) is 5.75 Å². The molecular formula is C13H11Cl2NOS. The molecule has 18 heavy (non-hydrogen) atoms. The summed E-state index contributed by atoms with van der Waals surface area (Å²) in [5.74, 6) is 1.50. The van der Waals surface area contributed by atoms with Crippen LogP contribution in [0.4, 0.5) is 0 Å². The van der Waals surface area contributed by atoms with E-state index in [1.54, 1.807) is 23.9 Å². The number of rotatable bonds is 4. The smallest absolute Gasteiger partial charge is 0.219 e. The monoisotopic (exact) mass is 299 g/mol. The second kappa shape index (κ2) is 6.32. The number of nitrogens with zero attached hydrogens (tertiary/aromatic N) is 1. The van der Waals surface area contributed by atoms with Gasteiger partial charge >= 0.3 is 0 Å². The highest BCUT2D eigenvalue weighted by Crippen LogP contribution is 2.25. The summed E-state index contributed by atoms with van der Waals surface area (Å²) in [7, 11) is 0. The van der Waals surface area contributed by atoms with Crippen molar-refractivity contribution in [1.29, 1.82) is 0 Å². The number of alkyl halides is 1. The maximum Gasteiger partial charge on any atom is 0.219 e. The molecule has 0 bridgehead atoms. The zero-order valence-corrected chi connectivity index (χ0v) is 12.0. The number of halogens is 2. The van der Waals surface area contributed by atoms with Crippen LogP contribution < -0.4 is 4.74 Å². The standard InChI is InChI=1S/C13H11Cl2NOS/c1-18-10-4-2-9(3-5-10)17-13-7-6-11(15)12(8-14)16-13/h2-7H,8H2,1H3. The molecule has 0 spiro atoms. The van der Waals surface area contributed by atoms with Crippen molar-refractivity contribution in [3.05, 3.63) is 47.1 Å². The summed E-state index contributed by atoms with van der Waals surface area (Å²) in [5.41, 5.74) is 0.622. The van der Waals surface area contributed by atoms with Crippen LogP contribution in [-0.4, -0.2) is 11.2 Å². The van der Waals surface area contributed by atoms with Crippen molar-refractivity contribution >= 4 is 35.0 Å². The average Bonchev–Trinajstić information content (AvgIpc) is 2.42. The number of hydrogen-bond acceptors (Lipinski definition) is 3. The van der Waals surface area contributed by atoms with Crippen LogP contribution in [-0.2, 0) is 5.88 Å². The molecule has 5 heteroatoms. The normalized spacial score (nSPS) is 10.4. The maximum absolute atomic E-state index is 5.93. The van der Waals surface area contributed by atoms with Crippen LogP contribution in [0.15, 0.2) is 41.3 Å². The largest absolute Gasteiger partial charge is 0.439 e. The molecule has 0 aliphatic heterocycles. The third-order valence-corrected chi connectivity index (χ3v) is 3.64. The molecule has 0 N–H and O–H groups in total. The number of pyridine rings is 1. The van der Waals surface area contributed by atoms with Crippen molar-refractivity contribution < 1.29 is 4.74 Å². The molecule has 0 saturated carbocycles. The van der Waals surface area contributed by atoms with Crippen LogP contribution in [0.25, 0.3) is 0 Å². The predicted molar refractivity (Wildman–Crippen MR) is 77.1 cm³/mol. The van der Waals surface area contributed by atoms with Gasteiger partial charge in [-0.2, -0.15) is 0 Å². The summed E-state index contributed by atoms with van der Waals surface area (Å²) >= 11 is 13.4. The molecule has 0 aliphatic carbocycles. The highest BCUT2D eigenvalue weighted by atomic mass is 35.5. The van der Waals surface area contributed by atoms with Crippen LogP contribution in [0.2, 0.25) is 5.02 Å². The van der Waals surface area contributed by atoms with Gasteiger partial charge in [-0.15, -0.1) is 23.4 Å². The van der Waals surface area contributed by atoms with Crippen molar-refractivity contribution in [2.75, 3.05) is 6.26 Å². The SMILES string of the molecule is CSc1ccc(Oc2ccc(Cl)c(CCl)n2)cc1. The van der Waals surface area contributed by atoms with Crippen LogP contribution in [0, 0.1) is 0 Å². The lowest BCUT2D eigenvalue weighted by Crippen LogP contribution is -1.92. The van der Waals surface area contributed by atoms with E-state index in [-0.39, 0.29) is 5.88 Å². The minimum Gasteiger partial charge on any atom is -0.439 e. The Kier molecular flexibility index (Phi) is 4.75. The van der Waals surface area contributed by atoms with Crippen LogP contribution in [0.1, 0.15) is 5.69 Å². The predicted octanol–water partition coefficient (Wildman–Crippen LogP) is 4.99. The van der Waals surface area contributed by atoms with E-state index in [1.807, 2.05) is 30.5 Å². The average molecular weight is 300 g/mol. The summed E-state index contributed by atoms with van der Waals surface area (Å²) in [5, 5.41) is 0.551. The Hall–Kier alpha value is -0.900. The number of benzene rings is 1. The first-order chi connectivity index (χ1) is 8.72. The van der Waals surface area contributed by atoms with Gasteiger partial charge in [0.25, 0.3) is 0 Å². The fourth-order valence-electron chi connectivity index (χ4n) is 1.38. The summed E-state index contributed by atoms with van der Waals surface area (Å²) in [4.78, 5) is 5.43. The van der Waals surface area contributed by atoms with Gasteiger partial charge < -0.3 is 4.74 Å². The molecule has 1 aromatic carbocycles. The van der Waals surface area contributed by atoms with Gasteiger partial charge in [0, 0.05) is 11.0 Å². The third kappa shape index (κ3) is 3.31. The molecule has 94 valence electrons. The maximum atomic E-state index is 5.93. The number of aromatic nitrogens is 1. The molecule has 0 unspecified atom stereocenters. The first-order valence-corrected chi connectivity index (χ1v) is 7.40. The molecule has 0 amide bonds. The lowest BCUT2D eigenvalue weighted by molar-refractivity contribution is 0.461. The Bertz CT molecular complexity index is 531. The van der Waals surface area contributed by atoms with E-state index in [4.69, 9.17) is 27.9 Å². The molecular weight excluding hydrogens is 289 g/mol. The molecule has 1 heterocycles. The Morgan fingerprint density at radius 3 is 2.50 bits per heavy atom. The quantitative estimate of drug-likeness (QED) is 0.586. The lowest BCUT2D eigenvalue weighted by atomic mass is 10.3. The molecule has 0 saturated heterocycles. The van der Waals surface area contributed by atoms with Crippen molar-refractivity contribution in [1.82, 2.24) is 4.98 Å². The Labute approximate surface area is 120 Å². The van der Waals surface area contributed by atoms with E-state index in [0.29, 0.717) is 16.6 Å². The van der Waals surface area contributed by atoms with Gasteiger partial charge in [-0.25, -0.2) is 4.98 Å². The van der Waals surface area contributed by atoms with Crippen LogP contribution >= 0.6 is 35.0 Å². The van der Waals surface area contributed by atoms with Crippen LogP contribution in [0.5, 0.6) is 11.6 Å². The number of hydrogen-bond donors (Lipinski definition) is 0. The molecule has 1 aromatic heterocycles. The van der Waals surface area contributed by atoms with Crippen molar-refractivity contribution in [3.8, 4) is 11.6 Å². The molecule has 2 nitrogen and oxygen atoms in total. The summed E-state index contributed by atoms with van der Waals surface area (Å²) in [6.07, 6.45) is 2.03. The van der Waals surface area contributed by atoms with Gasteiger partial charge in [-0.3, -0.25) is 0 Å². The van der Waals surface area contributed by atoms with E-state index in [9.17, 15) is 0 Å². The van der Waals surface area contributed by atoms with Gasteiger partial charge in [0.15, 0.2) is 0 Å². The van der Waals surface area contributed by atoms with Crippen molar-refractivity contribution in [3.63, 3.8) is 0 Å². The third-order valence-electron chi connectivity index (χ3n) is 2.30. The van der Waals surface area contributed by atoms with Gasteiger partial charge in [0.2, 0.25) is 5.88 Å². The molecule has 0 atom stereocenters. The number of thioether (sulfide) groups is 1. The fourth-order valence-corrected chi connectivity index (χ4v) is 2.23. The summed E-state index contributed by atoms with van der Waals surface area (Å²) < 4.78 is 5.64. The number of ether oxygens (including phenoxy) is 1. The van der Waals surface area contributed by atoms with E-state index in [1.165, 1.54) is 4.90 Å². The highest BCUT2D eigenvalue weighted by molar-refractivity contribution is 7.98.